The number of aryl methyl sites for hydroxylation is 1. The molecule has 108 valence electrons. The number of nitrogens with two attached hydrogens (primary N) is 1. The molecule has 1 amide bonds. The normalized spacial score (nSPS) is 15.7. The summed E-state index contributed by atoms with van der Waals surface area (Å²) in [5, 5.41) is 0. The van der Waals surface area contributed by atoms with Crippen molar-refractivity contribution in [1.29, 1.82) is 0 Å². The van der Waals surface area contributed by atoms with Gasteiger partial charge < -0.3 is 5.73 Å². The number of ketones is 1. The highest BCUT2D eigenvalue weighted by atomic mass is 16.1. The van der Waals surface area contributed by atoms with E-state index in [1.807, 2.05) is 36.1 Å². The molecule has 1 aliphatic rings. The highest BCUT2D eigenvalue weighted by Gasteiger charge is 2.26. The van der Waals surface area contributed by atoms with Crippen molar-refractivity contribution < 1.29 is 9.59 Å². The number of Topliss-reactive ketones (excluding diaryl/α,β-unsaturated/α-hetero) is 1. The summed E-state index contributed by atoms with van der Waals surface area (Å²) in [7, 11) is 0. The van der Waals surface area contributed by atoms with E-state index in [-0.39, 0.29) is 24.8 Å². The van der Waals surface area contributed by atoms with Crippen molar-refractivity contribution >= 4 is 11.7 Å². The molecule has 0 aromatic heterocycles. The first-order valence-electron chi connectivity index (χ1n) is 7.19. The van der Waals surface area contributed by atoms with Crippen LogP contribution in [-0.2, 0) is 4.79 Å². The third kappa shape index (κ3) is 3.67. The summed E-state index contributed by atoms with van der Waals surface area (Å²) in [6, 6.07) is 7.88. The molecular weight excluding hydrogens is 252 g/mol. The number of primary amides is 1. The average Bonchev–Trinajstić information content (AvgIpc) is 2.91. The molecule has 2 N–H and O–H groups in total. The summed E-state index contributed by atoms with van der Waals surface area (Å²) in [5.41, 5.74) is 7.02. The van der Waals surface area contributed by atoms with Gasteiger partial charge >= 0.3 is 0 Å². The molecule has 1 aromatic carbocycles. The zero-order valence-electron chi connectivity index (χ0n) is 12.0. The molecule has 0 spiro atoms. The number of rotatable bonds is 6. The second kappa shape index (κ2) is 6.66. The molecule has 0 saturated heterocycles. The molecule has 0 radical (unpaired) electrons. The number of hydrogen-bond acceptors (Lipinski definition) is 3. The molecule has 1 aromatic rings. The first kappa shape index (κ1) is 14.7. The predicted octanol–water partition coefficient (Wildman–Crippen LogP) is 1.91. The van der Waals surface area contributed by atoms with Crippen LogP contribution in [0.15, 0.2) is 24.3 Å². The smallest absolute Gasteiger partial charge is 0.231 e. The van der Waals surface area contributed by atoms with Crippen molar-refractivity contribution in [2.45, 2.75) is 38.6 Å². The minimum absolute atomic E-state index is 0.0660. The number of nitrogens with zero attached hydrogens (tertiary/aromatic N) is 1. The zero-order chi connectivity index (χ0) is 14.5. The summed E-state index contributed by atoms with van der Waals surface area (Å²) in [5.74, 6) is -0.300. The SMILES string of the molecule is Cc1ccccc1C(=O)CN(CC(N)=O)C1CCCC1. The molecule has 0 aliphatic heterocycles. The molecule has 4 heteroatoms. The van der Waals surface area contributed by atoms with E-state index >= 15 is 0 Å². The summed E-state index contributed by atoms with van der Waals surface area (Å²) in [4.78, 5) is 25.6. The third-order valence-electron chi connectivity index (χ3n) is 3.99. The van der Waals surface area contributed by atoms with Gasteiger partial charge in [0.25, 0.3) is 0 Å². The number of hydrogen-bond donors (Lipinski definition) is 1. The summed E-state index contributed by atoms with van der Waals surface area (Å²) in [6.45, 7) is 2.38. The lowest BCUT2D eigenvalue weighted by Crippen LogP contribution is -2.43. The van der Waals surface area contributed by atoms with Gasteiger partial charge in [0.15, 0.2) is 5.78 Å². The maximum absolute atomic E-state index is 12.4. The molecule has 4 nitrogen and oxygen atoms in total. The monoisotopic (exact) mass is 274 g/mol. The van der Waals surface area contributed by atoms with Gasteiger partial charge in [-0.25, -0.2) is 0 Å². The van der Waals surface area contributed by atoms with E-state index in [1.54, 1.807) is 0 Å². The van der Waals surface area contributed by atoms with Crippen LogP contribution in [0.4, 0.5) is 0 Å². The molecule has 20 heavy (non-hydrogen) atoms. The van der Waals surface area contributed by atoms with Crippen LogP contribution in [0, 0.1) is 6.92 Å². The van der Waals surface area contributed by atoms with Crippen LogP contribution < -0.4 is 5.73 Å². The van der Waals surface area contributed by atoms with Crippen molar-refractivity contribution in [1.82, 2.24) is 4.90 Å². The molecule has 1 aliphatic carbocycles. The van der Waals surface area contributed by atoms with Gasteiger partial charge in [-0.1, -0.05) is 37.1 Å². The lowest BCUT2D eigenvalue weighted by Gasteiger charge is -2.26. The predicted molar refractivity (Wildman–Crippen MR) is 78.5 cm³/mol. The standard InChI is InChI=1S/C16H22N2O2/c1-12-6-2-5-9-14(12)15(19)10-18(11-16(17)20)13-7-3-4-8-13/h2,5-6,9,13H,3-4,7-8,10-11H2,1H3,(H2,17,20). The quantitative estimate of drug-likeness (QED) is 0.806. The van der Waals surface area contributed by atoms with Crippen LogP contribution in [0.2, 0.25) is 0 Å². The second-order valence-corrected chi connectivity index (χ2v) is 5.55. The van der Waals surface area contributed by atoms with Crippen molar-refractivity contribution in [2.24, 2.45) is 5.73 Å². The van der Waals surface area contributed by atoms with Gasteiger partial charge in [0.05, 0.1) is 13.1 Å². The van der Waals surface area contributed by atoms with Crippen molar-refractivity contribution in [3.63, 3.8) is 0 Å². The Bertz CT molecular complexity index is 493. The first-order valence-corrected chi connectivity index (χ1v) is 7.19. The lowest BCUT2D eigenvalue weighted by molar-refractivity contribution is -0.119. The Kier molecular flexibility index (Phi) is 4.90. The second-order valence-electron chi connectivity index (χ2n) is 5.55. The van der Waals surface area contributed by atoms with E-state index < -0.39 is 0 Å². The van der Waals surface area contributed by atoms with Gasteiger partial charge in [0.2, 0.25) is 5.91 Å². The van der Waals surface area contributed by atoms with Crippen LogP contribution in [0.1, 0.15) is 41.6 Å². The van der Waals surface area contributed by atoms with Gasteiger partial charge in [-0.3, -0.25) is 14.5 Å². The number of carbonyl (C=O) groups excluding carboxylic acids is 2. The Balaban J connectivity index is 2.08. The molecule has 1 fully saturated rings. The lowest BCUT2D eigenvalue weighted by atomic mass is 10.0. The Morgan fingerprint density at radius 1 is 1.20 bits per heavy atom. The molecule has 0 atom stereocenters. The van der Waals surface area contributed by atoms with Crippen LogP contribution in [-0.4, -0.2) is 35.7 Å². The summed E-state index contributed by atoms with van der Waals surface area (Å²) >= 11 is 0. The number of carbonyl (C=O) groups is 2. The van der Waals surface area contributed by atoms with E-state index in [0.29, 0.717) is 6.04 Å². The van der Waals surface area contributed by atoms with E-state index in [1.165, 1.54) is 12.8 Å². The molecule has 0 unspecified atom stereocenters. The minimum atomic E-state index is -0.366. The van der Waals surface area contributed by atoms with E-state index in [4.69, 9.17) is 5.73 Å². The highest BCUT2D eigenvalue weighted by molar-refractivity contribution is 5.99. The van der Waals surface area contributed by atoms with Gasteiger partial charge in [-0.05, 0) is 25.3 Å². The van der Waals surface area contributed by atoms with Crippen LogP contribution >= 0.6 is 0 Å². The Morgan fingerprint density at radius 2 is 1.85 bits per heavy atom. The molecule has 0 bridgehead atoms. The largest absolute Gasteiger partial charge is 0.369 e. The molecular formula is C16H22N2O2. The van der Waals surface area contributed by atoms with Crippen molar-refractivity contribution in [3.8, 4) is 0 Å². The Hall–Kier alpha value is -1.68. The maximum atomic E-state index is 12.4. The van der Waals surface area contributed by atoms with Crippen LogP contribution in [0.25, 0.3) is 0 Å². The summed E-state index contributed by atoms with van der Waals surface area (Å²) < 4.78 is 0. The Labute approximate surface area is 119 Å². The molecule has 2 rings (SSSR count). The van der Waals surface area contributed by atoms with E-state index in [0.717, 1.165) is 24.0 Å². The number of benzene rings is 1. The first-order chi connectivity index (χ1) is 9.58. The Morgan fingerprint density at radius 3 is 2.45 bits per heavy atom. The van der Waals surface area contributed by atoms with Gasteiger partial charge in [0.1, 0.15) is 0 Å². The molecule has 0 heterocycles. The number of amides is 1. The fourth-order valence-corrected chi connectivity index (χ4v) is 2.94. The van der Waals surface area contributed by atoms with Crippen molar-refractivity contribution in [2.75, 3.05) is 13.1 Å². The highest BCUT2D eigenvalue weighted by Crippen LogP contribution is 2.23. The average molecular weight is 274 g/mol. The van der Waals surface area contributed by atoms with Crippen LogP contribution in [0.3, 0.4) is 0 Å². The molecule has 1 saturated carbocycles. The van der Waals surface area contributed by atoms with E-state index in [2.05, 4.69) is 0 Å². The topological polar surface area (TPSA) is 63.4 Å². The summed E-state index contributed by atoms with van der Waals surface area (Å²) in [6.07, 6.45) is 4.43. The van der Waals surface area contributed by atoms with Crippen LogP contribution in [0.5, 0.6) is 0 Å². The van der Waals surface area contributed by atoms with Gasteiger partial charge in [-0.2, -0.15) is 0 Å². The fourth-order valence-electron chi connectivity index (χ4n) is 2.94. The van der Waals surface area contributed by atoms with E-state index in [9.17, 15) is 9.59 Å². The zero-order valence-corrected chi connectivity index (χ0v) is 12.0. The maximum Gasteiger partial charge on any atom is 0.231 e. The van der Waals surface area contributed by atoms with Gasteiger partial charge in [-0.15, -0.1) is 0 Å². The van der Waals surface area contributed by atoms with Crippen molar-refractivity contribution in [3.05, 3.63) is 35.4 Å². The third-order valence-corrected chi connectivity index (χ3v) is 3.99. The fraction of sp³-hybridized carbons (Fsp3) is 0.500. The van der Waals surface area contributed by atoms with Gasteiger partial charge in [0, 0.05) is 11.6 Å². The minimum Gasteiger partial charge on any atom is -0.369 e.